The van der Waals surface area contributed by atoms with Crippen molar-refractivity contribution >= 4 is 11.7 Å². The van der Waals surface area contributed by atoms with E-state index in [-0.39, 0.29) is 11.7 Å². The maximum Gasteiger partial charge on any atom is 0.290 e. The second-order valence-electron chi connectivity index (χ2n) is 2.77. The zero-order chi connectivity index (χ0) is 8.97. The van der Waals surface area contributed by atoms with Crippen molar-refractivity contribution < 1.29 is 9.59 Å². The average molecular weight is 165 g/mol. The van der Waals surface area contributed by atoms with E-state index < -0.39 is 0 Å². The molecule has 1 aliphatic heterocycles. The third-order valence-electron chi connectivity index (χ3n) is 1.88. The summed E-state index contributed by atoms with van der Waals surface area (Å²) in [5.41, 5.74) is 0. The Kier molecular flexibility index (Phi) is 2.87. The van der Waals surface area contributed by atoms with Crippen LogP contribution in [0.3, 0.4) is 0 Å². The van der Waals surface area contributed by atoms with E-state index in [1.807, 2.05) is 0 Å². The minimum atomic E-state index is -0.341. The van der Waals surface area contributed by atoms with Crippen molar-refractivity contribution in [1.29, 1.82) is 0 Å². The maximum absolute atomic E-state index is 11.0. The predicted molar refractivity (Wildman–Crippen MR) is 44.3 cm³/mol. The molecular weight excluding hydrogens is 154 g/mol. The van der Waals surface area contributed by atoms with Gasteiger partial charge in [0.2, 0.25) is 5.78 Å². The number of nitrogens with zero attached hydrogens (tertiary/aromatic N) is 1. The monoisotopic (exact) mass is 165 g/mol. The lowest BCUT2D eigenvalue weighted by atomic mass is 10.3. The van der Waals surface area contributed by atoms with Gasteiger partial charge in [0.25, 0.3) is 5.91 Å². The first-order valence-corrected chi connectivity index (χ1v) is 4.01. The zero-order valence-corrected chi connectivity index (χ0v) is 6.88. The van der Waals surface area contributed by atoms with Gasteiger partial charge in [-0.25, -0.2) is 0 Å². The molecule has 0 saturated carbocycles. The predicted octanol–water partition coefficient (Wildman–Crippen LogP) is 0.201. The largest absolute Gasteiger partial charge is 0.336 e. The van der Waals surface area contributed by atoms with Crippen LogP contribution in [0.4, 0.5) is 0 Å². The van der Waals surface area contributed by atoms with Crippen LogP contribution >= 0.6 is 0 Å². The molecule has 64 valence electrons. The van der Waals surface area contributed by atoms with Crippen LogP contribution in [0, 0.1) is 12.3 Å². The van der Waals surface area contributed by atoms with Crippen molar-refractivity contribution in [2.45, 2.75) is 19.3 Å². The fourth-order valence-corrected chi connectivity index (χ4v) is 1.21. The van der Waals surface area contributed by atoms with Gasteiger partial charge in [0.05, 0.1) is 0 Å². The molecule has 3 heteroatoms. The summed E-state index contributed by atoms with van der Waals surface area (Å²) in [6, 6.07) is 0. The Labute approximate surface area is 71.7 Å². The molecule has 0 aromatic heterocycles. The van der Waals surface area contributed by atoms with Gasteiger partial charge in [-0.1, -0.05) is 0 Å². The van der Waals surface area contributed by atoms with E-state index in [9.17, 15) is 9.59 Å². The number of terminal acetylenes is 1. The van der Waals surface area contributed by atoms with Crippen LogP contribution in [-0.4, -0.2) is 29.7 Å². The van der Waals surface area contributed by atoms with Crippen LogP contribution in [0.1, 0.15) is 19.3 Å². The van der Waals surface area contributed by atoms with Crippen molar-refractivity contribution in [2.24, 2.45) is 0 Å². The summed E-state index contributed by atoms with van der Waals surface area (Å²) in [4.78, 5) is 23.4. The summed E-state index contributed by atoms with van der Waals surface area (Å²) in [6.45, 7) is 1.19. The van der Waals surface area contributed by atoms with Gasteiger partial charge in [-0.2, -0.15) is 0 Å². The number of carbonyl (C=O) groups excluding carboxylic acids is 2. The Morgan fingerprint density at radius 1 is 1.50 bits per heavy atom. The smallest absolute Gasteiger partial charge is 0.290 e. The Morgan fingerprint density at radius 3 is 2.75 bits per heavy atom. The van der Waals surface area contributed by atoms with E-state index in [1.165, 1.54) is 0 Å². The molecule has 1 amide bonds. The molecule has 1 heterocycles. The van der Waals surface area contributed by atoms with Crippen LogP contribution in [-0.2, 0) is 9.59 Å². The van der Waals surface area contributed by atoms with Gasteiger partial charge in [-0.3, -0.25) is 9.59 Å². The van der Waals surface area contributed by atoms with Gasteiger partial charge in [-0.05, 0) is 6.42 Å². The second kappa shape index (κ2) is 3.91. The Hall–Kier alpha value is -1.30. The first-order valence-electron chi connectivity index (χ1n) is 4.01. The van der Waals surface area contributed by atoms with Gasteiger partial charge in [0.1, 0.15) is 0 Å². The van der Waals surface area contributed by atoms with Crippen molar-refractivity contribution in [3.05, 3.63) is 0 Å². The molecule has 0 aromatic carbocycles. The van der Waals surface area contributed by atoms with Gasteiger partial charge in [-0.15, -0.1) is 12.3 Å². The molecule has 0 unspecified atom stereocenters. The lowest BCUT2D eigenvalue weighted by molar-refractivity contribution is -0.140. The van der Waals surface area contributed by atoms with Gasteiger partial charge in [0, 0.05) is 25.9 Å². The van der Waals surface area contributed by atoms with Gasteiger partial charge in [0.15, 0.2) is 0 Å². The number of ketones is 1. The highest BCUT2D eigenvalue weighted by Gasteiger charge is 2.28. The molecule has 1 aliphatic rings. The number of amides is 1. The van der Waals surface area contributed by atoms with Crippen LogP contribution in [0.25, 0.3) is 0 Å². The summed E-state index contributed by atoms with van der Waals surface area (Å²) in [6.07, 6.45) is 6.88. The van der Waals surface area contributed by atoms with Crippen LogP contribution < -0.4 is 0 Å². The fourth-order valence-electron chi connectivity index (χ4n) is 1.21. The van der Waals surface area contributed by atoms with Crippen molar-refractivity contribution in [3.8, 4) is 12.3 Å². The van der Waals surface area contributed by atoms with E-state index in [0.717, 1.165) is 6.42 Å². The normalized spacial score (nSPS) is 16.8. The average Bonchev–Trinajstić information content (AvgIpc) is 2.36. The van der Waals surface area contributed by atoms with E-state index in [1.54, 1.807) is 4.90 Å². The zero-order valence-electron chi connectivity index (χ0n) is 6.88. The highest BCUT2D eigenvalue weighted by atomic mass is 16.2. The summed E-state index contributed by atoms with van der Waals surface area (Å²) in [5.74, 6) is 1.89. The number of carbonyl (C=O) groups is 2. The Morgan fingerprint density at radius 2 is 2.25 bits per heavy atom. The second-order valence-corrected chi connectivity index (χ2v) is 2.77. The molecule has 1 fully saturated rings. The lowest BCUT2D eigenvalue weighted by Crippen LogP contribution is -2.28. The van der Waals surface area contributed by atoms with Crippen LogP contribution in [0.5, 0.6) is 0 Å². The van der Waals surface area contributed by atoms with Crippen LogP contribution in [0.15, 0.2) is 0 Å². The van der Waals surface area contributed by atoms with E-state index >= 15 is 0 Å². The third-order valence-corrected chi connectivity index (χ3v) is 1.88. The van der Waals surface area contributed by atoms with E-state index in [4.69, 9.17) is 6.42 Å². The molecule has 0 N–H and O–H groups in total. The SMILES string of the molecule is C#CCCCN1CCC(=O)C1=O. The molecule has 0 aromatic rings. The summed E-state index contributed by atoms with van der Waals surface area (Å²) in [5, 5.41) is 0. The minimum absolute atomic E-state index is 0.268. The molecule has 0 spiro atoms. The molecule has 3 nitrogen and oxygen atoms in total. The lowest BCUT2D eigenvalue weighted by Gasteiger charge is -2.12. The van der Waals surface area contributed by atoms with Gasteiger partial charge >= 0.3 is 0 Å². The first kappa shape index (κ1) is 8.79. The Bertz CT molecular complexity index is 239. The minimum Gasteiger partial charge on any atom is -0.336 e. The number of hydrogen-bond donors (Lipinski definition) is 0. The standard InChI is InChI=1S/C9H11NO2/c1-2-3-4-6-10-7-5-8(11)9(10)12/h1H,3-7H2. The summed E-state index contributed by atoms with van der Waals surface area (Å²) < 4.78 is 0. The molecule has 1 rings (SSSR count). The molecular formula is C9H11NO2. The molecule has 0 bridgehead atoms. The van der Waals surface area contributed by atoms with E-state index in [2.05, 4.69) is 5.92 Å². The van der Waals surface area contributed by atoms with Crippen LogP contribution in [0.2, 0.25) is 0 Å². The van der Waals surface area contributed by atoms with Crippen molar-refractivity contribution in [1.82, 2.24) is 4.90 Å². The number of unbranched alkanes of at least 4 members (excludes halogenated alkanes) is 1. The molecule has 0 atom stereocenters. The van der Waals surface area contributed by atoms with Gasteiger partial charge < -0.3 is 4.90 Å². The highest BCUT2D eigenvalue weighted by Crippen LogP contribution is 2.06. The quantitative estimate of drug-likeness (QED) is 0.340. The summed E-state index contributed by atoms with van der Waals surface area (Å²) in [7, 11) is 0. The summed E-state index contributed by atoms with van der Waals surface area (Å²) >= 11 is 0. The third kappa shape index (κ3) is 1.85. The number of hydrogen-bond acceptors (Lipinski definition) is 2. The molecule has 0 radical (unpaired) electrons. The van der Waals surface area contributed by atoms with Crippen molar-refractivity contribution in [3.63, 3.8) is 0 Å². The maximum atomic E-state index is 11.0. The Balaban J connectivity index is 2.31. The first-order chi connectivity index (χ1) is 5.75. The highest BCUT2D eigenvalue weighted by molar-refractivity contribution is 6.37. The van der Waals surface area contributed by atoms with Crippen molar-refractivity contribution in [2.75, 3.05) is 13.1 Å². The number of rotatable bonds is 3. The fraction of sp³-hybridized carbons (Fsp3) is 0.556. The molecule has 0 aliphatic carbocycles. The topological polar surface area (TPSA) is 37.4 Å². The number of likely N-dealkylation sites (tertiary alicyclic amines) is 1. The molecule has 12 heavy (non-hydrogen) atoms. The number of Topliss-reactive ketones (excluding diaryl/α,β-unsaturated/α-hetero) is 1. The van der Waals surface area contributed by atoms with E-state index in [0.29, 0.717) is 25.9 Å². The molecule has 1 saturated heterocycles.